The van der Waals surface area contributed by atoms with Gasteiger partial charge < -0.3 is 19.6 Å². The van der Waals surface area contributed by atoms with Gasteiger partial charge in [0.2, 0.25) is 5.91 Å². The number of rotatable bonds is 6. The molecule has 0 aliphatic carbocycles. The first-order valence-corrected chi connectivity index (χ1v) is 9.54. The van der Waals surface area contributed by atoms with E-state index in [1.807, 2.05) is 31.2 Å². The van der Waals surface area contributed by atoms with E-state index < -0.39 is 5.97 Å². The molecule has 7 heteroatoms. The number of amides is 2. The van der Waals surface area contributed by atoms with Crippen LogP contribution in [0.25, 0.3) is 0 Å². The van der Waals surface area contributed by atoms with Crippen molar-refractivity contribution in [2.75, 3.05) is 32.8 Å². The smallest absolute Gasteiger partial charge is 0.335 e. The molecule has 0 unspecified atom stereocenters. The second-order valence-electron chi connectivity index (χ2n) is 6.92. The number of aryl methyl sites for hydroxylation is 1. The van der Waals surface area contributed by atoms with Crippen LogP contribution in [0.4, 0.5) is 0 Å². The van der Waals surface area contributed by atoms with Crippen molar-refractivity contribution in [1.82, 2.24) is 9.80 Å². The molecule has 1 aliphatic rings. The van der Waals surface area contributed by atoms with Crippen molar-refractivity contribution < 1.29 is 24.2 Å². The van der Waals surface area contributed by atoms with Crippen LogP contribution in [0.1, 0.15) is 32.7 Å². The number of hydrogen-bond donors (Lipinski definition) is 1. The molecule has 1 fully saturated rings. The first-order chi connectivity index (χ1) is 14.0. The van der Waals surface area contributed by atoms with Crippen LogP contribution in [0.5, 0.6) is 5.75 Å². The Morgan fingerprint density at radius 1 is 0.931 bits per heavy atom. The molecule has 7 nitrogen and oxygen atoms in total. The summed E-state index contributed by atoms with van der Waals surface area (Å²) in [6.07, 6.45) is 0.281. The lowest BCUT2D eigenvalue weighted by atomic mass is 10.1. The minimum atomic E-state index is -1.07. The van der Waals surface area contributed by atoms with E-state index in [4.69, 9.17) is 9.84 Å². The maximum absolute atomic E-state index is 12.6. The van der Waals surface area contributed by atoms with Gasteiger partial charge in [0.25, 0.3) is 5.91 Å². The van der Waals surface area contributed by atoms with Gasteiger partial charge in [0.15, 0.2) is 0 Å². The van der Waals surface area contributed by atoms with E-state index in [1.54, 1.807) is 21.9 Å². The van der Waals surface area contributed by atoms with Crippen LogP contribution in [-0.4, -0.2) is 65.5 Å². The molecule has 2 aromatic rings. The van der Waals surface area contributed by atoms with Gasteiger partial charge in [0, 0.05) is 31.7 Å². The van der Waals surface area contributed by atoms with Gasteiger partial charge in [-0.2, -0.15) is 0 Å². The molecular weight excluding hydrogens is 372 g/mol. The Labute approximate surface area is 169 Å². The summed E-state index contributed by atoms with van der Waals surface area (Å²) in [7, 11) is 0. The number of benzene rings is 2. The summed E-state index contributed by atoms with van der Waals surface area (Å²) in [6, 6.07) is 13.7. The summed E-state index contributed by atoms with van der Waals surface area (Å²) in [5.74, 6) is -0.510. The molecule has 1 aliphatic heterocycles. The summed E-state index contributed by atoms with van der Waals surface area (Å²) in [5, 5.41) is 9.08. The number of carbonyl (C=O) groups is 3. The molecule has 2 aromatic carbocycles. The number of carboxylic acids is 1. The predicted octanol–water partition coefficient (Wildman–Crippen LogP) is 2.45. The Morgan fingerprint density at radius 2 is 1.59 bits per heavy atom. The highest BCUT2D eigenvalue weighted by atomic mass is 16.5. The summed E-state index contributed by atoms with van der Waals surface area (Å²) in [5.41, 5.74) is 1.45. The van der Waals surface area contributed by atoms with Crippen LogP contribution in [0.3, 0.4) is 0 Å². The third-order valence-electron chi connectivity index (χ3n) is 4.94. The third kappa shape index (κ3) is 5.13. The molecular formula is C22H24N2O5. The Kier molecular flexibility index (Phi) is 6.49. The average molecular weight is 396 g/mol. The third-order valence-corrected chi connectivity index (χ3v) is 4.94. The summed E-state index contributed by atoms with van der Waals surface area (Å²) >= 11 is 0. The van der Waals surface area contributed by atoms with Gasteiger partial charge in [0.1, 0.15) is 5.75 Å². The van der Waals surface area contributed by atoms with Gasteiger partial charge in [-0.3, -0.25) is 9.59 Å². The highest BCUT2D eigenvalue weighted by Gasteiger charge is 2.25. The Morgan fingerprint density at radius 3 is 2.28 bits per heavy atom. The molecule has 3 rings (SSSR count). The van der Waals surface area contributed by atoms with E-state index in [9.17, 15) is 14.4 Å². The van der Waals surface area contributed by atoms with Crippen LogP contribution in [-0.2, 0) is 4.79 Å². The molecule has 152 valence electrons. The quantitative estimate of drug-likeness (QED) is 0.810. The van der Waals surface area contributed by atoms with Crippen molar-refractivity contribution in [2.24, 2.45) is 0 Å². The molecule has 2 amide bonds. The average Bonchev–Trinajstić information content (AvgIpc) is 2.74. The molecule has 0 atom stereocenters. The van der Waals surface area contributed by atoms with Crippen molar-refractivity contribution >= 4 is 17.8 Å². The second kappa shape index (κ2) is 9.23. The molecule has 1 N–H and O–H groups in total. The minimum Gasteiger partial charge on any atom is -0.493 e. The van der Waals surface area contributed by atoms with Crippen LogP contribution >= 0.6 is 0 Å². The van der Waals surface area contributed by atoms with Crippen molar-refractivity contribution in [1.29, 1.82) is 0 Å². The highest BCUT2D eigenvalue weighted by molar-refractivity contribution is 5.97. The largest absolute Gasteiger partial charge is 0.493 e. The number of nitrogens with zero attached hydrogens (tertiary/aromatic N) is 2. The van der Waals surface area contributed by atoms with Gasteiger partial charge in [-0.25, -0.2) is 4.79 Å². The molecule has 0 radical (unpaired) electrons. The van der Waals surface area contributed by atoms with E-state index in [2.05, 4.69) is 0 Å². The lowest BCUT2D eigenvalue weighted by Gasteiger charge is -2.35. The molecule has 0 spiro atoms. The SMILES string of the molecule is Cc1ccccc1OCCC(=O)N1CCN(C(=O)c2cccc(C(=O)O)c2)CC1. The Hall–Kier alpha value is -3.35. The first-order valence-electron chi connectivity index (χ1n) is 9.54. The van der Waals surface area contributed by atoms with Crippen molar-refractivity contribution in [3.05, 3.63) is 65.2 Å². The van der Waals surface area contributed by atoms with E-state index in [1.165, 1.54) is 12.1 Å². The Balaban J connectivity index is 1.47. The van der Waals surface area contributed by atoms with Gasteiger partial charge in [-0.15, -0.1) is 0 Å². The van der Waals surface area contributed by atoms with Gasteiger partial charge in [-0.1, -0.05) is 24.3 Å². The van der Waals surface area contributed by atoms with Gasteiger partial charge >= 0.3 is 5.97 Å². The van der Waals surface area contributed by atoms with Crippen molar-refractivity contribution in [2.45, 2.75) is 13.3 Å². The lowest BCUT2D eigenvalue weighted by Crippen LogP contribution is -2.50. The fraction of sp³-hybridized carbons (Fsp3) is 0.318. The standard InChI is InChI=1S/C22H24N2O5/c1-16-5-2-3-8-19(16)29-14-9-20(25)23-10-12-24(13-11-23)21(26)17-6-4-7-18(15-17)22(27)28/h2-8,15H,9-14H2,1H3,(H,27,28). The zero-order valence-corrected chi connectivity index (χ0v) is 16.3. The molecule has 0 bridgehead atoms. The molecule has 1 heterocycles. The number of piperazine rings is 1. The van der Waals surface area contributed by atoms with Crippen molar-refractivity contribution in [3.8, 4) is 5.75 Å². The molecule has 1 saturated heterocycles. The van der Waals surface area contributed by atoms with E-state index >= 15 is 0 Å². The van der Waals surface area contributed by atoms with E-state index in [0.29, 0.717) is 38.3 Å². The van der Waals surface area contributed by atoms with Crippen LogP contribution in [0.15, 0.2) is 48.5 Å². The van der Waals surface area contributed by atoms with Gasteiger partial charge in [0.05, 0.1) is 18.6 Å². The molecule has 0 saturated carbocycles. The zero-order valence-electron chi connectivity index (χ0n) is 16.3. The monoisotopic (exact) mass is 396 g/mol. The summed E-state index contributed by atoms with van der Waals surface area (Å²) < 4.78 is 5.69. The number of hydrogen-bond acceptors (Lipinski definition) is 4. The van der Waals surface area contributed by atoms with E-state index in [-0.39, 0.29) is 23.8 Å². The Bertz CT molecular complexity index is 904. The maximum atomic E-state index is 12.6. The topological polar surface area (TPSA) is 87.2 Å². The second-order valence-corrected chi connectivity index (χ2v) is 6.92. The van der Waals surface area contributed by atoms with Crippen LogP contribution in [0.2, 0.25) is 0 Å². The minimum absolute atomic E-state index is 0.00134. The lowest BCUT2D eigenvalue weighted by molar-refractivity contribution is -0.133. The normalized spacial score (nSPS) is 13.8. The summed E-state index contributed by atoms with van der Waals surface area (Å²) in [4.78, 5) is 39.5. The summed E-state index contributed by atoms with van der Waals surface area (Å²) in [6.45, 7) is 4.01. The molecule has 0 aromatic heterocycles. The maximum Gasteiger partial charge on any atom is 0.335 e. The number of carboxylic acid groups (broad SMARTS) is 1. The number of carbonyl (C=O) groups excluding carboxylic acids is 2. The van der Waals surface area contributed by atoms with Crippen LogP contribution < -0.4 is 4.74 Å². The van der Waals surface area contributed by atoms with E-state index in [0.717, 1.165) is 11.3 Å². The molecule has 29 heavy (non-hydrogen) atoms. The van der Waals surface area contributed by atoms with Crippen molar-refractivity contribution in [3.63, 3.8) is 0 Å². The fourth-order valence-electron chi connectivity index (χ4n) is 3.25. The number of aromatic carboxylic acids is 1. The van der Waals surface area contributed by atoms with Crippen LogP contribution in [0, 0.1) is 6.92 Å². The number of ether oxygens (including phenoxy) is 1. The predicted molar refractivity (Wildman–Crippen MR) is 107 cm³/mol. The highest BCUT2D eigenvalue weighted by Crippen LogP contribution is 2.17. The fourth-order valence-corrected chi connectivity index (χ4v) is 3.25. The van der Waals surface area contributed by atoms with Gasteiger partial charge in [-0.05, 0) is 36.8 Å². The zero-order chi connectivity index (χ0) is 20.8. The first kappa shape index (κ1) is 20.4. The number of para-hydroxylation sites is 1.